The lowest BCUT2D eigenvalue weighted by atomic mass is 10.00. The number of ether oxygens (including phenoxy) is 2. The van der Waals surface area contributed by atoms with E-state index in [2.05, 4.69) is 0 Å². The Morgan fingerprint density at radius 2 is 1.63 bits per heavy atom. The van der Waals surface area contributed by atoms with Crippen molar-refractivity contribution in [3.63, 3.8) is 0 Å². The van der Waals surface area contributed by atoms with Crippen LogP contribution in [0.3, 0.4) is 0 Å². The molecule has 1 aromatic carbocycles. The van der Waals surface area contributed by atoms with Crippen molar-refractivity contribution in [3.8, 4) is 11.5 Å². The number of carboxylic acids is 1. The quantitative estimate of drug-likeness (QED) is 0.463. The molecule has 0 aliphatic heterocycles. The first-order valence-electron chi connectivity index (χ1n) is 8.34. The Bertz CT molecular complexity index is 696. The van der Waals surface area contributed by atoms with E-state index in [4.69, 9.17) is 14.6 Å². The Hall–Kier alpha value is -2.81. The molecule has 0 aliphatic rings. The van der Waals surface area contributed by atoms with Gasteiger partial charge in [-0.3, -0.25) is 9.59 Å². The summed E-state index contributed by atoms with van der Waals surface area (Å²) < 4.78 is 10.1. The molecule has 0 aliphatic carbocycles. The van der Waals surface area contributed by atoms with Gasteiger partial charge in [0.05, 0.1) is 18.9 Å². The number of carboxylic acid groups (broad SMARTS) is 1. The molecule has 0 fully saturated rings. The van der Waals surface area contributed by atoms with Gasteiger partial charge in [-0.15, -0.1) is 0 Å². The van der Waals surface area contributed by atoms with Gasteiger partial charge < -0.3 is 29.9 Å². The van der Waals surface area contributed by atoms with Gasteiger partial charge in [0.25, 0.3) is 0 Å². The van der Waals surface area contributed by atoms with E-state index in [1.54, 1.807) is 6.92 Å². The van der Waals surface area contributed by atoms with Crippen LogP contribution in [0.5, 0.6) is 11.5 Å². The third-order valence-corrected chi connectivity index (χ3v) is 3.46. The molecule has 150 valence electrons. The number of aliphatic carboxylic acids is 1. The maximum Gasteiger partial charge on any atom is 0.342 e. The molecule has 3 unspecified atom stereocenters. The maximum absolute atomic E-state index is 12.3. The van der Waals surface area contributed by atoms with E-state index in [1.807, 2.05) is 0 Å². The van der Waals surface area contributed by atoms with Crippen molar-refractivity contribution >= 4 is 17.9 Å². The second-order valence-electron chi connectivity index (χ2n) is 6.37. The van der Waals surface area contributed by atoms with Gasteiger partial charge in [-0.1, -0.05) is 0 Å². The van der Waals surface area contributed by atoms with Gasteiger partial charge in [0.15, 0.2) is 0 Å². The van der Waals surface area contributed by atoms with Crippen LogP contribution in [-0.4, -0.2) is 56.6 Å². The van der Waals surface area contributed by atoms with Gasteiger partial charge in [0, 0.05) is 12.5 Å². The molecular formula is C18H24O9. The molecule has 9 nitrogen and oxygen atoms in total. The summed E-state index contributed by atoms with van der Waals surface area (Å²) >= 11 is 0. The SMILES string of the molecule is CC(O)CC(=O)OC(C)Cc1cc(O)cc(O)c1C(=O)OC(C)CC(=O)O. The first-order valence-corrected chi connectivity index (χ1v) is 8.34. The summed E-state index contributed by atoms with van der Waals surface area (Å²) in [5.41, 5.74) is -0.0826. The monoisotopic (exact) mass is 384 g/mol. The average Bonchev–Trinajstić information content (AvgIpc) is 2.43. The maximum atomic E-state index is 12.3. The number of phenols is 2. The summed E-state index contributed by atoms with van der Waals surface area (Å²) in [5, 5.41) is 37.6. The van der Waals surface area contributed by atoms with Gasteiger partial charge in [0.2, 0.25) is 0 Å². The lowest BCUT2D eigenvalue weighted by Crippen LogP contribution is -2.23. The Labute approximate surface area is 156 Å². The van der Waals surface area contributed by atoms with Crippen LogP contribution >= 0.6 is 0 Å². The van der Waals surface area contributed by atoms with Gasteiger partial charge in [-0.2, -0.15) is 0 Å². The molecule has 27 heavy (non-hydrogen) atoms. The van der Waals surface area contributed by atoms with Crippen molar-refractivity contribution in [2.24, 2.45) is 0 Å². The minimum atomic E-state index is -1.15. The molecular weight excluding hydrogens is 360 g/mol. The third-order valence-electron chi connectivity index (χ3n) is 3.46. The van der Waals surface area contributed by atoms with E-state index in [1.165, 1.54) is 19.9 Å². The molecule has 1 rings (SSSR count). The van der Waals surface area contributed by atoms with Gasteiger partial charge in [-0.05, 0) is 32.4 Å². The number of aromatic hydroxyl groups is 2. The minimum absolute atomic E-state index is 0.0226. The fourth-order valence-electron chi connectivity index (χ4n) is 2.46. The number of aliphatic hydroxyl groups excluding tert-OH is 1. The van der Waals surface area contributed by atoms with Crippen molar-refractivity contribution in [2.45, 2.75) is 58.3 Å². The average molecular weight is 384 g/mol. The zero-order valence-corrected chi connectivity index (χ0v) is 15.3. The number of esters is 2. The number of hydrogen-bond donors (Lipinski definition) is 4. The van der Waals surface area contributed by atoms with E-state index in [0.29, 0.717) is 0 Å². The fourth-order valence-corrected chi connectivity index (χ4v) is 2.46. The Morgan fingerprint density at radius 1 is 1.00 bits per heavy atom. The van der Waals surface area contributed by atoms with E-state index in [0.717, 1.165) is 6.07 Å². The van der Waals surface area contributed by atoms with Crippen molar-refractivity contribution in [3.05, 3.63) is 23.3 Å². The lowest BCUT2D eigenvalue weighted by Gasteiger charge is -2.18. The molecule has 0 aromatic heterocycles. The van der Waals surface area contributed by atoms with E-state index in [9.17, 15) is 29.7 Å². The molecule has 0 amide bonds. The van der Waals surface area contributed by atoms with Crippen molar-refractivity contribution in [2.75, 3.05) is 0 Å². The smallest absolute Gasteiger partial charge is 0.342 e. The van der Waals surface area contributed by atoms with E-state index < -0.39 is 48.4 Å². The molecule has 0 saturated carbocycles. The molecule has 9 heteroatoms. The van der Waals surface area contributed by atoms with Gasteiger partial charge in [-0.25, -0.2) is 4.79 Å². The van der Waals surface area contributed by atoms with Crippen LogP contribution in [0.1, 0.15) is 49.5 Å². The van der Waals surface area contributed by atoms with Crippen molar-refractivity contribution in [1.29, 1.82) is 0 Å². The highest BCUT2D eigenvalue weighted by Crippen LogP contribution is 2.29. The molecule has 1 aromatic rings. The molecule has 0 bridgehead atoms. The summed E-state index contributed by atoms with van der Waals surface area (Å²) in [7, 11) is 0. The largest absolute Gasteiger partial charge is 0.508 e. The number of carbonyl (C=O) groups excluding carboxylic acids is 2. The summed E-state index contributed by atoms with van der Waals surface area (Å²) in [6, 6.07) is 2.17. The fraction of sp³-hybridized carbons (Fsp3) is 0.500. The molecule has 0 saturated heterocycles. The molecule has 0 heterocycles. The predicted molar refractivity (Wildman–Crippen MR) is 92.5 cm³/mol. The summed E-state index contributed by atoms with van der Waals surface area (Å²) in [6.07, 6.45) is -3.15. The number of benzene rings is 1. The summed E-state index contributed by atoms with van der Waals surface area (Å²) in [5.74, 6) is -3.59. The van der Waals surface area contributed by atoms with Crippen molar-refractivity contribution < 1.29 is 44.3 Å². The topological polar surface area (TPSA) is 151 Å². The number of phenolic OH excluding ortho intramolecular Hbond substituents is 2. The first kappa shape index (κ1) is 22.2. The van der Waals surface area contributed by atoms with Crippen LogP contribution in [0.4, 0.5) is 0 Å². The van der Waals surface area contributed by atoms with Crippen LogP contribution in [0.2, 0.25) is 0 Å². The second-order valence-corrected chi connectivity index (χ2v) is 6.37. The highest BCUT2D eigenvalue weighted by molar-refractivity contribution is 5.94. The predicted octanol–water partition coefficient (Wildman–Crippen LogP) is 1.36. The Balaban J connectivity index is 2.98. The molecule has 0 spiro atoms. The zero-order chi connectivity index (χ0) is 20.7. The van der Waals surface area contributed by atoms with Crippen LogP contribution in [-0.2, 0) is 25.5 Å². The molecule has 0 radical (unpaired) electrons. The normalized spacial score (nSPS) is 14.1. The second kappa shape index (κ2) is 9.77. The zero-order valence-electron chi connectivity index (χ0n) is 15.3. The Morgan fingerprint density at radius 3 is 2.19 bits per heavy atom. The highest BCUT2D eigenvalue weighted by Gasteiger charge is 2.24. The van der Waals surface area contributed by atoms with Crippen LogP contribution in [0.15, 0.2) is 12.1 Å². The van der Waals surface area contributed by atoms with Gasteiger partial charge >= 0.3 is 17.9 Å². The number of rotatable bonds is 9. The highest BCUT2D eigenvalue weighted by atomic mass is 16.5. The van der Waals surface area contributed by atoms with Crippen LogP contribution in [0, 0.1) is 0 Å². The van der Waals surface area contributed by atoms with Crippen LogP contribution < -0.4 is 0 Å². The number of carbonyl (C=O) groups is 3. The summed E-state index contributed by atoms with van der Waals surface area (Å²) in [4.78, 5) is 34.7. The summed E-state index contributed by atoms with van der Waals surface area (Å²) in [6.45, 7) is 4.37. The number of aliphatic hydroxyl groups is 1. The number of hydrogen-bond acceptors (Lipinski definition) is 8. The van der Waals surface area contributed by atoms with Crippen LogP contribution in [0.25, 0.3) is 0 Å². The first-order chi connectivity index (χ1) is 12.5. The lowest BCUT2D eigenvalue weighted by molar-refractivity contribution is -0.150. The third kappa shape index (κ3) is 7.53. The standard InChI is InChI=1S/C18H24O9/c1-9(19)4-16(24)26-10(2)5-12-7-13(20)8-14(21)17(12)18(25)27-11(3)6-15(22)23/h7-11,19-21H,4-6H2,1-3H3,(H,22,23). The minimum Gasteiger partial charge on any atom is -0.508 e. The van der Waals surface area contributed by atoms with Gasteiger partial charge in [0.1, 0.15) is 29.3 Å². The molecule has 4 N–H and O–H groups in total. The molecule has 3 atom stereocenters. The van der Waals surface area contributed by atoms with E-state index in [-0.39, 0.29) is 29.7 Å². The van der Waals surface area contributed by atoms with E-state index >= 15 is 0 Å². The van der Waals surface area contributed by atoms with Crippen molar-refractivity contribution in [1.82, 2.24) is 0 Å². The Kier molecular flexibility index (Phi) is 8.04.